The number of ether oxygens (including phenoxy) is 1. The molecule has 140 valence electrons. The standard InChI is InChI=1S/C18H16Cl2N4O3/c1-27-16-12(20)4-3-11(19)15(16)18(26)22-7-6-21-17(25)10-2-5-13-14(8-10)24-9-23-13/h2-5,8-9H,6-7H2,1H3,(H,21,25)(H,22,26)(H,23,24). The number of amides is 2. The molecule has 3 N–H and O–H groups in total. The molecule has 27 heavy (non-hydrogen) atoms. The van der Waals surface area contributed by atoms with Crippen molar-refractivity contribution in [3.63, 3.8) is 0 Å². The van der Waals surface area contributed by atoms with Gasteiger partial charge in [-0.05, 0) is 30.3 Å². The monoisotopic (exact) mass is 406 g/mol. The lowest BCUT2D eigenvalue weighted by atomic mass is 10.2. The molecule has 0 fully saturated rings. The fraction of sp³-hybridized carbons (Fsp3) is 0.167. The molecule has 0 aliphatic carbocycles. The lowest BCUT2D eigenvalue weighted by Gasteiger charge is -2.12. The second kappa shape index (κ2) is 8.28. The minimum Gasteiger partial charge on any atom is -0.494 e. The van der Waals surface area contributed by atoms with Crippen LogP contribution in [0.15, 0.2) is 36.7 Å². The van der Waals surface area contributed by atoms with Gasteiger partial charge in [0.05, 0.1) is 34.5 Å². The minimum atomic E-state index is -0.438. The highest BCUT2D eigenvalue weighted by molar-refractivity contribution is 6.37. The zero-order valence-corrected chi connectivity index (χ0v) is 15.8. The number of aromatic nitrogens is 2. The van der Waals surface area contributed by atoms with Crippen LogP contribution in [0, 0.1) is 0 Å². The van der Waals surface area contributed by atoms with Crippen LogP contribution in [0.2, 0.25) is 10.0 Å². The predicted molar refractivity (Wildman–Crippen MR) is 104 cm³/mol. The Morgan fingerprint density at radius 1 is 1.07 bits per heavy atom. The Hall–Kier alpha value is -2.77. The third kappa shape index (κ3) is 4.15. The summed E-state index contributed by atoms with van der Waals surface area (Å²) in [6.45, 7) is 0.453. The highest BCUT2D eigenvalue weighted by Gasteiger charge is 2.19. The lowest BCUT2D eigenvalue weighted by molar-refractivity contribution is 0.0926. The Balaban J connectivity index is 1.56. The molecule has 0 aliphatic rings. The van der Waals surface area contributed by atoms with E-state index in [-0.39, 0.29) is 40.4 Å². The number of nitrogens with one attached hydrogen (secondary N) is 3. The van der Waals surface area contributed by atoms with E-state index in [4.69, 9.17) is 27.9 Å². The number of H-pyrrole nitrogens is 1. The van der Waals surface area contributed by atoms with Crippen LogP contribution in [-0.4, -0.2) is 42.0 Å². The molecule has 0 atom stereocenters. The maximum absolute atomic E-state index is 12.4. The van der Waals surface area contributed by atoms with E-state index >= 15 is 0 Å². The van der Waals surface area contributed by atoms with E-state index in [9.17, 15) is 9.59 Å². The zero-order chi connectivity index (χ0) is 19.4. The van der Waals surface area contributed by atoms with Crippen molar-refractivity contribution in [1.29, 1.82) is 0 Å². The summed E-state index contributed by atoms with van der Waals surface area (Å²) >= 11 is 12.1. The van der Waals surface area contributed by atoms with Crippen molar-refractivity contribution in [2.24, 2.45) is 0 Å². The molecule has 1 aromatic heterocycles. The molecule has 0 bridgehead atoms. The van der Waals surface area contributed by atoms with E-state index in [2.05, 4.69) is 20.6 Å². The minimum absolute atomic E-state index is 0.155. The molecular formula is C18H16Cl2N4O3. The first-order valence-electron chi connectivity index (χ1n) is 8.02. The lowest BCUT2D eigenvalue weighted by Crippen LogP contribution is -2.35. The van der Waals surface area contributed by atoms with Gasteiger partial charge in [-0.15, -0.1) is 0 Å². The van der Waals surface area contributed by atoms with E-state index in [1.807, 2.05) is 0 Å². The number of carbonyl (C=O) groups excluding carboxylic acids is 2. The number of carbonyl (C=O) groups is 2. The number of methoxy groups -OCH3 is 1. The first-order valence-corrected chi connectivity index (χ1v) is 8.78. The molecule has 3 rings (SSSR count). The van der Waals surface area contributed by atoms with Gasteiger partial charge in [0.15, 0.2) is 5.75 Å². The number of imidazole rings is 1. The number of hydrogen-bond acceptors (Lipinski definition) is 4. The van der Waals surface area contributed by atoms with Gasteiger partial charge in [0, 0.05) is 18.7 Å². The maximum atomic E-state index is 12.4. The van der Waals surface area contributed by atoms with E-state index in [1.165, 1.54) is 13.2 Å². The Kier molecular flexibility index (Phi) is 5.83. The number of fused-ring (bicyclic) bond motifs is 1. The molecule has 0 unspecified atom stereocenters. The quantitative estimate of drug-likeness (QED) is 0.548. The van der Waals surface area contributed by atoms with Crippen LogP contribution in [0.3, 0.4) is 0 Å². The number of nitrogens with zero attached hydrogens (tertiary/aromatic N) is 1. The summed E-state index contributed by atoms with van der Waals surface area (Å²) in [6.07, 6.45) is 1.57. The van der Waals surface area contributed by atoms with Gasteiger partial charge < -0.3 is 20.4 Å². The molecule has 2 aromatic carbocycles. The Labute approximate surface area is 165 Å². The average Bonchev–Trinajstić information content (AvgIpc) is 3.14. The highest BCUT2D eigenvalue weighted by Crippen LogP contribution is 2.33. The molecule has 3 aromatic rings. The summed E-state index contributed by atoms with van der Waals surface area (Å²) in [5, 5.41) is 5.93. The highest BCUT2D eigenvalue weighted by atomic mass is 35.5. The summed E-state index contributed by atoms with van der Waals surface area (Å²) in [7, 11) is 1.41. The predicted octanol–water partition coefficient (Wildman–Crippen LogP) is 3.04. The van der Waals surface area contributed by atoms with Crippen LogP contribution in [0.1, 0.15) is 20.7 Å². The van der Waals surface area contributed by atoms with E-state index in [0.29, 0.717) is 5.56 Å². The summed E-state index contributed by atoms with van der Waals surface area (Å²) in [5.41, 5.74) is 2.21. The second-order valence-electron chi connectivity index (χ2n) is 5.58. The SMILES string of the molecule is COc1c(Cl)ccc(Cl)c1C(=O)NCCNC(=O)c1ccc2nc[nH]c2c1. The van der Waals surface area contributed by atoms with Gasteiger partial charge in [-0.1, -0.05) is 23.2 Å². The normalized spacial score (nSPS) is 10.6. The zero-order valence-electron chi connectivity index (χ0n) is 14.3. The Bertz CT molecular complexity index is 1000. The first-order chi connectivity index (χ1) is 13.0. The molecule has 0 radical (unpaired) electrons. The third-order valence-electron chi connectivity index (χ3n) is 3.87. The third-order valence-corrected chi connectivity index (χ3v) is 4.48. The first kappa shape index (κ1) is 19.0. The maximum Gasteiger partial charge on any atom is 0.256 e. The van der Waals surface area contributed by atoms with E-state index in [1.54, 1.807) is 30.6 Å². The van der Waals surface area contributed by atoms with Crippen LogP contribution in [-0.2, 0) is 0 Å². The Morgan fingerprint density at radius 3 is 2.52 bits per heavy atom. The van der Waals surface area contributed by atoms with Gasteiger partial charge in [0.25, 0.3) is 11.8 Å². The summed E-state index contributed by atoms with van der Waals surface area (Å²) in [6, 6.07) is 8.24. The average molecular weight is 407 g/mol. The molecular weight excluding hydrogens is 391 g/mol. The molecule has 0 saturated carbocycles. The number of hydrogen-bond donors (Lipinski definition) is 3. The molecule has 0 aliphatic heterocycles. The summed E-state index contributed by atoms with van der Waals surface area (Å²) in [4.78, 5) is 31.6. The number of benzene rings is 2. The van der Waals surface area contributed by atoms with Crippen LogP contribution in [0.4, 0.5) is 0 Å². The van der Waals surface area contributed by atoms with E-state index < -0.39 is 5.91 Å². The number of rotatable bonds is 6. The summed E-state index contributed by atoms with van der Waals surface area (Å²) < 4.78 is 5.15. The molecule has 0 saturated heterocycles. The second-order valence-corrected chi connectivity index (χ2v) is 6.40. The molecule has 2 amide bonds. The van der Waals surface area contributed by atoms with Crippen molar-refractivity contribution in [1.82, 2.24) is 20.6 Å². The van der Waals surface area contributed by atoms with Gasteiger partial charge in [0.2, 0.25) is 0 Å². The van der Waals surface area contributed by atoms with Gasteiger partial charge in [-0.3, -0.25) is 9.59 Å². The van der Waals surface area contributed by atoms with Crippen molar-refractivity contribution in [2.75, 3.05) is 20.2 Å². The fourth-order valence-electron chi connectivity index (χ4n) is 2.56. The van der Waals surface area contributed by atoms with Gasteiger partial charge >= 0.3 is 0 Å². The fourth-order valence-corrected chi connectivity index (χ4v) is 3.03. The molecule has 1 heterocycles. The van der Waals surface area contributed by atoms with Crippen molar-refractivity contribution in [3.8, 4) is 5.75 Å². The molecule has 9 heteroatoms. The van der Waals surface area contributed by atoms with Gasteiger partial charge in [-0.25, -0.2) is 4.98 Å². The number of aromatic amines is 1. The Morgan fingerprint density at radius 2 is 1.78 bits per heavy atom. The van der Waals surface area contributed by atoms with Crippen molar-refractivity contribution >= 4 is 46.0 Å². The largest absolute Gasteiger partial charge is 0.494 e. The number of halogens is 2. The van der Waals surface area contributed by atoms with Crippen LogP contribution in [0.25, 0.3) is 11.0 Å². The van der Waals surface area contributed by atoms with Crippen LogP contribution in [0.5, 0.6) is 5.75 Å². The van der Waals surface area contributed by atoms with Crippen molar-refractivity contribution < 1.29 is 14.3 Å². The summed E-state index contributed by atoms with van der Waals surface area (Å²) in [5.74, 6) is -0.481. The van der Waals surface area contributed by atoms with E-state index in [0.717, 1.165) is 11.0 Å². The van der Waals surface area contributed by atoms with Crippen LogP contribution >= 0.6 is 23.2 Å². The van der Waals surface area contributed by atoms with Gasteiger partial charge in [0.1, 0.15) is 5.56 Å². The smallest absolute Gasteiger partial charge is 0.256 e. The van der Waals surface area contributed by atoms with Crippen LogP contribution < -0.4 is 15.4 Å². The molecule has 7 nitrogen and oxygen atoms in total. The molecule has 0 spiro atoms. The van der Waals surface area contributed by atoms with Crippen molar-refractivity contribution in [2.45, 2.75) is 0 Å². The van der Waals surface area contributed by atoms with Crippen molar-refractivity contribution in [3.05, 3.63) is 57.8 Å². The van der Waals surface area contributed by atoms with Gasteiger partial charge in [-0.2, -0.15) is 0 Å². The topological polar surface area (TPSA) is 96.1 Å².